The number of methoxy groups -OCH3 is 1. The molecule has 0 bridgehead atoms. The van der Waals surface area contributed by atoms with Crippen LogP contribution in [-0.2, 0) is 11.3 Å². The highest BCUT2D eigenvalue weighted by atomic mass is 32.1. The van der Waals surface area contributed by atoms with Gasteiger partial charge in [-0.2, -0.15) is 0 Å². The van der Waals surface area contributed by atoms with E-state index in [2.05, 4.69) is 9.97 Å². The molecule has 2 heterocycles. The molecule has 2 rings (SSSR count). The lowest BCUT2D eigenvalue weighted by Crippen LogP contribution is -2.10. The van der Waals surface area contributed by atoms with Crippen LogP contribution >= 0.6 is 23.6 Å². The molecule has 0 unspecified atom stereocenters. The van der Waals surface area contributed by atoms with Crippen molar-refractivity contribution in [2.75, 3.05) is 7.11 Å². The molecule has 17 heavy (non-hydrogen) atoms. The van der Waals surface area contributed by atoms with Gasteiger partial charge in [-0.25, -0.2) is 4.98 Å². The van der Waals surface area contributed by atoms with E-state index in [1.807, 2.05) is 12.1 Å². The van der Waals surface area contributed by atoms with E-state index in [0.29, 0.717) is 11.6 Å². The largest absolute Gasteiger partial charge is 0.389 e. The van der Waals surface area contributed by atoms with Crippen LogP contribution in [0.25, 0.3) is 10.6 Å². The predicted octanol–water partition coefficient (Wildman–Crippen LogP) is 1.99. The first-order valence-corrected chi connectivity index (χ1v) is 6.13. The Hall–Kier alpha value is -1.37. The van der Waals surface area contributed by atoms with E-state index in [1.165, 1.54) is 11.3 Å². The van der Waals surface area contributed by atoms with Crippen LogP contribution in [0, 0.1) is 0 Å². The number of aromatic nitrogens is 2. The van der Waals surface area contributed by atoms with Gasteiger partial charge in [-0.05, 0) is 12.1 Å². The first kappa shape index (κ1) is 12.1. The molecule has 0 saturated carbocycles. The second-order valence-corrected chi connectivity index (χ2v) is 4.77. The molecule has 0 spiro atoms. The first-order valence-electron chi connectivity index (χ1n) is 4.91. The maximum absolute atomic E-state index is 5.67. The van der Waals surface area contributed by atoms with Crippen LogP contribution in [0.5, 0.6) is 0 Å². The third kappa shape index (κ3) is 2.66. The van der Waals surface area contributed by atoms with Crippen LogP contribution in [0.4, 0.5) is 0 Å². The van der Waals surface area contributed by atoms with Crippen molar-refractivity contribution < 1.29 is 4.74 Å². The smallest absolute Gasteiger partial charge is 0.125 e. The molecule has 2 aromatic heterocycles. The number of rotatable bonds is 4. The van der Waals surface area contributed by atoms with Gasteiger partial charge in [0.25, 0.3) is 0 Å². The van der Waals surface area contributed by atoms with E-state index in [0.717, 1.165) is 21.1 Å². The van der Waals surface area contributed by atoms with Crippen LogP contribution in [-0.4, -0.2) is 22.1 Å². The summed E-state index contributed by atoms with van der Waals surface area (Å²) in [6, 6.07) is 3.82. The fourth-order valence-corrected chi connectivity index (χ4v) is 2.55. The average Bonchev–Trinajstić information content (AvgIpc) is 2.75. The van der Waals surface area contributed by atoms with Crippen molar-refractivity contribution in [3.05, 3.63) is 35.1 Å². The summed E-state index contributed by atoms with van der Waals surface area (Å²) in [5.41, 5.74) is 7.40. The molecule has 0 saturated heterocycles. The SMILES string of the molecule is COCc1nc(-c2cccnc2)sc1C(N)=S. The molecule has 2 aromatic rings. The zero-order valence-corrected chi connectivity index (χ0v) is 10.8. The van der Waals surface area contributed by atoms with Gasteiger partial charge in [0.2, 0.25) is 0 Å². The minimum atomic E-state index is 0.352. The van der Waals surface area contributed by atoms with Gasteiger partial charge in [0.05, 0.1) is 17.2 Å². The van der Waals surface area contributed by atoms with E-state index >= 15 is 0 Å². The number of pyridine rings is 1. The normalized spacial score (nSPS) is 10.4. The Kier molecular flexibility index (Phi) is 3.78. The Morgan fingerprint density at radius 1 is 1.59 bits per heavy atom. The molecule has 0 aliphatic rings. The number of nitrogens with zero attached hydrogens (tertiary/aromatic N) is 2. The molecule has 0 atom stereocenters. The topological polar surface area (TPSA) is 61.0 Å². The Bertz CT molecular complexity index is 525. The number of hydrogen-bond donors (Lipinski definition) is 1. The van der Waals surface area contributed by atoms with Crippen molar-refractivity contribution >= 4 is 28.5 Å². The van der Waals surface area contributed by atoms with Crippen LogP contribution in [0.2, 0.25) is 0 Å². The lowest BCUT2D eigenvalue weighted by molar-refractivity contribution is 0.182. The molecule has 0 aliphatic heterocycles. The van der Waals surface area contributed by atoms with E-state index in [-0.39, 0.29) is 0 Å². The van der Waals surface area contributed by atoms with Crippen molar-refractivity contribution in [1.82, 2.24) is 9.97 Å². The summed E-state index contributed by atoms with van der Waals surface area (Å²) >= 11 is 6.47. The highest BCUT2D eigenvalue weighted by Gasteiger charge is 2.14. The minimum absolute atomic E-state index is 0.352. The third-order valence-corrected chi connectivity index (χ3v) is 3.62. The van der Waals surface area contributed by atoms with Crippen LogP contribution in [0.15, 0.2) is 24.5 Å². The summed E-state index contributed by atoms with van der Waals surface area (Å²) in [4.78, 5) is 9.70. The van der Waals surface area contributed by atoms with Gasteiger partial charge in [0.15, 0.2) is 0 Å². The number of nitrogens with two attached hydrogens (primary N) is 1. The second kappa shape index (κ2) is 5.31. The molecule has 0 radical (unpaired) electrons. The summed E-state index contributed by atoms with van der Waals surface area (Å²) in [5.74, 6) is 0. The monoisotopic (exact) mass is 265 g/mol. The van der Waals surface area contributed by atoms with Gasteiger partial charge in [-0.1, -0.05) is 12.2 Å². The zero-order valence-electron chi connectivity index (χ0n) is 9.21. The van der Waals surface area contributed by atoms with E-state index < -0.39 is 0 Å². The zero-order chi connectivity index (χ0) is 12.3. The summed E-state index contributed by atoms with van der Waals surface area (Å²) in [6.45, 7) is 0.406. The van der Waals surface area contributed by atoms with E-state index in [1.54, 1.807) is 19.5 Å². The highest BCUT2D eigenvalue weighted by Crippen LogP contribution is 2.27. The van der Waals surface area contributed by atoms with Crippen LogP contribution in [0.3, 0.4) is 0 Å². The Labute approximate surface area is 108 Å². The van der Waals surface area contributed by atoms with Crippen molar-refractivity contribution in [3.8, 4) is 10.6 Å². The lowest BCUT2D eigenvalue weighted by atomic mass is 10.3. The first-order chi connectivity index (χ1) is 8.22. The molecule has 2 N–H and O–H groups in total. The quantitative estimate of drug-likeness (QED) is 0.857. The maximum atomic E-state index is 5.67. The van der Waals surface area contributed by atoms with Gasteiger partial charge in [-0.15, -0.1) is 11.3 Å². The van der Waals surface area contributed by atoms with E-state index in [9.17, 15) is 0 Å². The van der Waals surface area contributed by atoms with Gasteiger partial charge < -0.3 is 10.5 Å². The molecule has 88 valence electrons. The fourth-order valence-electron chi connectivity index (χ4n) is 1.39. The van der Waals surface area contributed by atoms with Gasteiger partial charge in [0.1, 0.15) is 10.00 Å². The molecule has 0 aromatic carbocycles. The van der Waals surface area contributed by atoms with Gasteiger partial charge >= 0.3 is 0 Å². The Morgan fingerprint density at radius 2 is 2.41 bits per heavy atom. The van der Waals surface area contributed by atoms with Crippen LogP contribution in [0.1, 0.15) is 10.6 Å². The van der Waals surface area contributed by atoms with Crippen molar-refractivity contribution in [1.29, 1.82) is 0 Å². The number of ether oxygens (including phenoxy) is 1. The molecule has 0 fully saturated rings. The molecule has 4 nitrogen and oxygen atoms in total. The van der Waals surface area contributed by atoms with Crippen molar-refractivity contribution in [3.63, 3.8) is 0 Å². The Balaban J connectivity index is 2.44. The predicted molar refractivity (Wildman–Crippen MR) is 71.9 cm³/mol. The molecular weight excluding hydrogens is 254 g/mol. The fraction of sp³-hybridized carbons (Fsp3) is 0.182. The lowest BCUT2D eigenvalue weighted by Gasteiger charge is -1.97. The number of thiazole rings is 1. The van der Waals surface area contributed by atoms with Gasteiger partial charge in [0, 0.05) is 25.1 Å². The number of thiocarbonyl (C=S) groups is 1. The summed E-state index contributed by atoms with van der Waals surface area (Å²) in [5, 5.41) is 0.855. The molecular formula is C11H11N3OS2. The summed E-state index contributed by atoms with van der Waals surface area (Å²) in [7, 11) is 1.62. The second-order valence-electron chi connectivity index (χ2n) is 3.33. The Morgan fingerprint density at radius 3 is 3.00 bits per heavy atom. The summed E-state index contributed by atoms with van der Waals surface area (Å²) < 4.78 is 5.08. The minimum Gasteiger partial charge on any atom is -0.389 e. The standard InChI is InChI=1S/C11H11N3OS2/c1-15-6-8-9(10(12)16)17-11(14-8)7-3-2-4-13-5-7/h2-5H,6H2,1H3,(H2,12,16). The van der Waals surface area contributed by atoms with Crippen molar-refractivity contribution in [2.24, 2.45) is 5.73 Å². The molecule has 0 aliphatic carbocycles. The highest BCUT2D eigenvalue weighted by molar-refractivity contribution is 7.81. The van der Waals surface area contributed by atoms with Gasteiger partial charge in [-0.3, -0.25) is 4.98 Å². The summed E-state index contributed by atoms with van der Waals surface area (Å²) in [6.07, 6.45) is 3.49. The van der Waals surface area contributed by atoms with Crippen LogP contribution < -0.4 is 5.73 Å². The number of hydrogen-bond acceptors (Lipinski definition) is 5. The average molecular weight is 265 g/mol. The molecule has 6 heteroatoms. The molecule has 0 amide bonds. The maximum Gasteiger partial charge on any atom is 0.125 e. The third-order valence-electron chi connectivity index (χ3n) is 2.11. The van der Waals surface area contributed by atoms with E-state index in [4.69, 9.17) is 22.7 Å². The van der Waals surface area contributed by atoms with Crippen molar-refractivity contribution in [2.45, 2.75) is 6.61 Å².